The van der Waals surface area contributed by atoms with Crippen molar-refractivity contribution in [3.8, 4) is 0 Å². The summed E-state index contributed by atoms with van der Waals surface area (Å²) in [5.74, 6) is -2.53. The van der Waals surface area contributed by atoms with Gasteiger partial charge in [0.25, 0.3) is 0 Å². The largest absolute Gasteiger partial charge is 0.480 e. The molecule has 0 rings (SSSR count). The minimum atomic E-state index is -1.40. The molecule has 0 aliphatic heterocycles. The molecule has 0 fully saturated rings. The molecule has 9 nitrogen and oxygen atoms in total. The second-order valence-corrected chi connectivity index (χ2v) is 12.2. The molecule has 9 heteroatoms. The third-order valence-corrected chi connectivity index (χ3v) is 7.56. The molecular formula is C43H66N2O7. The number of unbranched alkanes of at least 4 members (excludes halogenated alkanes) is 4. The average Bonchev–Trinajstić information content (AvgIpc) is 3.13. The highest BCUT2D eigenvalue weighted by Crippen LogP contribution is 2.13. The smallest absolute Gasteiger partial charge is 0.328 e. The Kier molecular flexibility index (Phi) is 33.6. The molecule has 0 spiro atoms. The number of carboxylic acid groups (broad SMARTS) is 1. The SMILES string of the molecule is CC/C=C\C/C=C\C/C=C\C/C=C\C/C=C\CCCC(=O)OC(/C=C\C/C=C\C/C=C\CC)CCCCCCC(=O)NCC(=O)NC(CO)C(=O)O. The summed E-state index contributed by atoms with van der Waals surface area (Å²) in [6.45, 7) is 3.16. The van der Waals surface area contributed by atoms with Crippen molar-refractivity contribution in [3.05, 3.63) is 97.2 Å². The van der Waals surface area contributed by atoms with Gasteiger partial charge in [-0.15, -0.1) is 0 Å². The fraction of sp³-hybridized carbons (Fsp3) is 0.535. The van der Waals surface area contributed by atoms with Gasteiger partial charge in [0, 0.05) is 12.8 Å². The van der Waals surface area contributed by atoms with Crippen LogP contribution in [-0.2, 0) is 23.9 Å². The van der Waals surface area contributed by atoms with Crippen LogP contribution in [0.2, 0.25) is 0 Å². The second kappa shape index (κ2) is 36.5. The first-order chi connectivity index (χ1) is 25.3. The number of rotatable bonds is 32. The van der Waals surface area contributed by atoms with Crippen LogP contribution in [0.4, 0.5) is 0 Å². The van der Waals surface area contributed by atoms with Crippen LogP contribution in [0.15, 0.2) is 97.2 Å². The quantitative estimate of drug-likeness (QED) is 0.0309. The highest BCUT2D eigenvalue weighted by molar-refractivity contribution is 5.87. The Balaban J connectivity index is 4.47. The molecule has 0 aliphatic carbocycles. The van der Waals surface area contributed by atoms with E-state index in [1.807, 2.05) is 12.2 Å². The lowest BCUT2D eigenvalue weighted by Gasteiger charge is -2.14. The number of nitrogens with one attached hydrogen (secondary N) is 2. The lowest BCUT2D eigenvalue weighted by atomic mass is 10.1. The van der Waals surface area contributed by atoms with E-state index in [0.29, 0.717) is 19.3 Å². The summed E-state index contributed by atoms with van der Waals surface area (Å²) < 4.78 is 5.82. The maximum Gasteiger partial charge on any atom is 0.328 e. The molecule has 52 heavy (non-hydrogen) atoms. The van der Waals surface area contributed by atoms with E-state index >= 15 is 0 Å². The topological polar surface area (TPSA) is 142 Å². The number of aliphatic hydroxyl groups is 1. The summed E-state index contributed by atoms with van der Waals surface area (Å²) >= 11 is 0. The van der Waals surface area contributed by atoms with Gasteiger partial charge < -0.3 is 25.6 Å². The molecule has 0 aromatic rings. The predicted octanol–water partition coefficient (Wildman–Crippen LogP) is 8.70. The van der Waals surface area contributed by atoms with E-state index in [2.05, 4.69) is 110 Å². The zero-order valence-corrected chi connectivity index (χ0v) is 31.8. The zero-order chi connectivity index (χ0) is 38.3. The van der Waals surface area contributed by atoms with Crippen LogP contribution in [0.3, 0.4) is 0 Å². The minimum absolute atomic E-state index is 0.198. The molecule has 0 heterocycles. The first-order valence-corrected chi connectivity index (χ1v) is 19.1. The van der Waals surface area contributed by atoms with Crippen molar-refractivity contribution in [2.75, 3.05) is 13.2 Å². The van der Waals surface area contributed by atoms with Gasteiger partial charge in [-0.3, -0.25) is 14.4 Å². The highest BCUT2D eigenvalue weighted by Gasteiger charge is 2.18. The van der Waals surface area contributed by atoms with Gasteiger partial charge in [0.15, 0.2) is 0 Å². The number of esters is 1. The van der Waals surface area contributed by atoms with Gasteiger partial charge >= 0.3 is 11.9 Å². The first-order valence-electron chi connectivity index (χ1n) is 19.1. The lowest BCUT2D eigenvalue weighted by Crippen LogP contribution is -2.47. The Hall–Kier alpha value is -4.24. The maximum absolute atomic E-state index is 12.6. The van der Waals surface area contributed by atoms with Crippen molar-refractivity contribution in [1.29, 1.82) is 0 Å². The van der Waals surface area contributed by atoms with Crippen molar-refractivity contribution in [2.45, 2.75) is 135 Å². The van der Waals surface area contributed by atoms with Gasteiger partial charge in [0.1, 0.15) is 12.1 Å². The number of carbonyl (C=O) groups excluding carboxylic acids is 3. The van der Waals surface area contributed by atoms with Crippen LogP contribution < -0.4 is 10.6 Å². The van der Waals surface area contributed by atoms with Gasteiger partial charge in [0.2, 0.25) is 11.8 Å². The van der Waals surface area contributed by atoms with Crippen LogP contribution >= 0.6 is 0 Å². The molecule has 2 atom stereocenters. The first kappa shape index (κ1) is 47.8. The third-order valence-electron chi connectivity index (χ3n) is 7.56. The van der Waals surface area contributed by atoms with E-state index in [1.54, 1.807) is 0 Å². The summed E-state index contributed by atoms with van der Waals surface area (Å²) in [6, 6.07) is -1.40. The molecule has 0 radical (unpaired) electrons. The van der Waals surface area contributed by atoms with E-state index in [-0.39, 0.29) is 30.9 Å². The number of hydrogen-bond donors (Lipinski definition) is 4. The molecule has 2 unspecified atom stereocenters. The van der Waals surface area contributed by atoms with Crippen molar-refractivity contribution < 1.29 is 34.1 Å². The number of aliphatic carboxylic acids is 1. The van der Waals surface area contributed by atoms with Gasteiger partial charge in [-0.2, -0.15) is 0 Å². The molecule has 290 valence electrons. The zero-order valence-electron chi connectivity index (χ0n) is 31.8. The fourth-order valence-electron chi connectivity index (χ4n) is 4.68. The number of allylic oxidation sites excluding steroid dienone is 15. The molecule has 0 bridgehead atoms. The summed E-state index contributed by atoms with van der Waals surface area (Å²) in [5, 5.41) is 22.5. The van der Waals surface area contributed by atoms with Gasteiger partial charge in [-0.05, 0) is 89.5 Å². The Morgan fingerprint density at radius 1 is 0.596 bits per heavy atom. The molecule has 4 N–H and O–H groups in total. The Labute approximate surface area is 313 Å². The van der Waals surface area contributed by atoms with Crippen molar-refractivity contribution >= 4 is 23.8 Å². The molecular weight excluding hydrogens is 656 g/mol. The van der Waals surface area contributed by atoms with Crippen LogP contribution in [0.1, 0.15) is 123 Å². The average molecular weight is 723 g/mol. The lowest BCUT2D eigenvalue weighted by molar-refractivity contribution is -0.147. The van der Waals surface area contributed by atoms with E-state index < -0.39 is 24.5 Å². The van der Waals surface area contributed by atoms with Gasteiger partial charge in [-0.25, -0.2) is 4.79 Å². The molecule has 2 amide bonds. The van der Waals surface area contributed by atoms with E-state index in [9.17, 15) is 19.2 Å². The number of aliphatic hydroxyl groups excluding tert-OH is 1. The monoisotopic (exact) mass is 722 g/mol. The van der Waals surface area contributed by atoms with Crippen molar-refractivity contribution in [2.24, 2.45) is 0 Å². The number of amides is 2. The molecule has 0 aliphatic rings. The van der Waals surface area contributed by atoms with Crippen molar-refractivity contribution in [3.63, 3.8) is 0 Å². The van der Waals surface area contributed by atoms with Crippen LogP contribution in [-0.4, -0.2) is 59.3 Å². The van der Waals surface area contributed by atoms with Crippen LogP contribution in [0.5, 0.6) is 0 Å². The summed E-state index contributed by atoms with van der Waals surface area (Å²) in [5.41, 5.74) is 0. The number of carbonyl (C=O) groups is 4. The highest BCUT2D eigenvalue weighted by atomic mass is 16.5. The van der Waals surface area contributed by atoms with Gasteiger partial charge in [0.05, 0.1) is 13.2 Å². The van der Waals surface area contributed by atoms with E-state index in [4.69, 9.17) is 14.9 Å². The number of carboxylic acids is 1. The van der Waals surface area contributed by atoms with E-state index in [1.165, 1.54) is 0 Å². The molecule has 0 aromatic heterocycles. The molecule has 0 saturated carbocycles. The Bertz CT molecular complexity index is 1190. The Morgan fingerprint density at radius 3 is 1.62 bits per heavy atom. The van der Waals surface area contributed by atoms with E-state index in [0.717, 1.165) is 83.5 Å². The minimum Gasteiger partial charge on any atom is -0.480 e. The van der Waals surface area contributed by atoms with Gasteiger partial charge in [-0.1, -0.05) is 118 Å². The van der Waals surface area contributed by atoms with Crippen LogP contribution in [0, 0.1) is 0 Å². The summed E-state index contributed by atoms with van der Waals surface area (Å²) in [7, 11) is 0. The van der Waals surface area contributed by atoms with Crippen molar-refractivity contribution in [1.82, 2.24) is 10.6 Å². The maximum atomic E-state index is 12.6. The number of ether oxygens (including phenoxy) is 1. The summed E-state index contributed by atoms with van der Waals surface area (Å²) in [4.78, 5) is 47.4. The predicted molar refractivity (Wildman–Crippen MR) is 212 cm³/mol. The summed E-state index contributed by atoms with van der Waals surface area (Å²) in [6.07, 6.45) is 47.4. The second-order valence-electron chi connectivity index (χ2n) is 12.2. The Morgan fingerprint density at radius 2 is 1.10 bits per heavy atom. The molecule has 0 aromatic carbocycles. The normalized spacial score (nSPS) is 13.6. The number of hydrogen-bond acceptors (Lipinski definition) is 6. The fourth-order valence-corrected chi connectivity index (χ4v) is 4.68. The van der Waals surface area contributed by atoms with Crippen LogP contribution in [0.25, 0.3) is 0 Å². The molecule has 0 saturated heterocycles. The standard InChI is InChI=1S/C43H66N2O7/c1-3-5-7-9-11-13-14-15-16-17-18-19-20-21-23-25-31-35-42(49)52-38(32-28-24-22-12-10-8-6-4-2)33-29-26-27-30-34-40(47)44-36-41(48)45-39(37-46)43(50)51/h5-8,11-13,15-16,18-19,21-23,28,32,38-39,46H,3-4,9-10,14,17,20,24-27,29-31,33-37H2,1-2H3,(H,44,47)(H,45,48)(H,50,51)/b7-5-,8-6-,13-11-,16-15-,19-18-,22-12-,23-21-,32-28-. The third kappa shape index (κ3) is 32.9.